The number of nitrogens with zero attached hydrogens (tertiary/aromatic N) is 1. The number of benzene rings is 1. The van der Waals surface area contributed by atoms with Crippen molar-refractivity contribution in [3.63, 3.8) is 0 Å². The lowest BCUT2D eigenvalue weighted by Gasteiger charge is -2.17. The van der Waals surface area contributed by atoms with Crippen LogP contribution in [-0.2, 0) is 10.5 Å². The summed E-state index contributed by atoms with van der Waals surface area (Å²) in [5.74, 6) is 0.948. The van der Waals surface area contributed by atoms with Crippen LogP contribution in [0.4, 0.5) is 4.39 Å². The maximum absolute atomic E-state index is 13.2. The van der Waals surface area contributed by atoms with E-state index in [1.165, 1.54) is 23.9 Å². The molecule has 1 aromatic carbocycles. The summed E-state index contributed by atoms with van der Waals surface area (Å²) in [5, 5.41) is -0.159. The van der Waals surface area contributed by atoms with E-state index in [-0.39, 0.29) is 17.0 Å². The highest BCUT2D eigenvalue weighted by molar-refractivity contribution is 7.99. The molecule has 0 bridgehead atoms. The first kappa shape index (κ1) is 14.8. The van der Waals surface area contributed by atoms with E-state index < -0.39 is 0 Å². The van der Waals surface area contributed by atoms with E-state index in [0.29, 0.717) is 11.5 Å². The van der Waals surface area contributed by atoms with Gasteiger partial charge in [-0.3, -0.25) is 4.79 Å². The lowest BCUT2D eigenvalue weighted by atomic mass is 10.2. The molecule has 1 rings (SSSR count). The van der Waals surface area contributed by atoms with Crippen LogP contribution < -0.4 is 4.74 Å². The van der Waals surface area contributed by atoms with Crippen LogP contribution in [0, 0.1) is 5.82 Å². The van der Waals surface area contributed by atoms with Crippen LogP contribution in [-0.4, -0.2) is 37.3 Å². The highest BCUT2D eigenvalue weighted by Crippen LogP contribution is 2.26. The molecule has 1 amide bonds. The summed E-state index contributed by atoms with van der Waals surface area (Å²) in [6.45, 7) is 1.85. The molecule has 100 valence electrons. The van der Waals surface area contributed by atoms with E-state index in [4.69, 9.17) is 4.74 Å². The van der Waals surface area contributed by atoms with Gasteiger partial charge in [-0.2, -0.15) is 0 Å². The third-order valence-electron chi connectivity index (χ3n) is 2.52. The number of ether oxygens (including phenoxy) is 1. The summed E-state index contributed by atoms with van der Waals surface area (Å²) in [7, 11) is 5.00. The predicted molar refractivity (Wildman–Crippen MR) is 72.4 cm³/mol. The molecule has 0 heterocycles. The van der Waals surface area contributed by atoms with Gasteiger partial charge in [0.05, 0.1) is 12.4 Å². The highest BCUT2D eigenvalue weighted by atomic mass is 32.2. The average Bonchev–Trinajstić information content (AvgIpc) is 2.35. The molecule has 1 unspecified atom stereocenters. The van der Waals surface area contributed by atoms with Crippen molar-refractivity contribution < 1.29 is 13.9 Å². The van der Waals surface area contributed by atoms with Crippen molar-refractivity contribution in [2.75, 3.05) is 21.2 Å². The van der Waals surface area contributed by atoms with Crippen molar-refractivity contribution in [2.45, 2.75) is 17.9 Å². The van der Waals surface area contributed by atoms with Crippen LogP contribution in [0.15, 0.2) is 18.2 Å². The minimum Gasteiger partial charge on any atom is -0.496 e. The van der Waals surface area contributed by atoms with Gasteiger partial charge in [0, 0.05) is 25.4 Å². The van der Waals surface area contributed by atoms with Gasteiger partial charge >= 0.3 is 0 Å². The smallest absolute Gasteiger partial charge is 0.234 e. The Hall–Kier alpha value is -1.23. The first-order chi connectivity index (χ1) is 8.45. The van der Waals surface area contributed by atoms with Gasteiger partial charge in [-0.25, -0.2) is 4.39 Å². The van der Waals surface area contributed by atoms with Gasteiger partial charge in [-0.05, 0) is 25.1 Å². The minimum absolute atomic E-state index is 0.0513. The Bertz CT molecular complexity index is 423. The fourth-order valence-electron chi connectivity index (χ4n) is 1.51. The van der Waals surface area contributed by atoms with E-state index in [9.17, 15) is 9.18 Å². The molecule has 0 aromatic heterocycles. The number of hydrogen-bond donors (Lipinski definition) is 0. The van der Waals surface area contributed by atoms with Crippen molar-refractivity contribution in [3.8, 4) is 5.75 Å². The van der Waals surface area contributed by atoms with Crippen LogP contribution in [0.5, 0.6) is 5.75 Å². The Morgan fingerprint density at radius 2 is 2.17 bits per heavy atom. The number of thioether (sulfide) groups is 1. The van der Waals surface area contributed by atoms with Crippen LogP contribution in [0.3, 0.4) is 0 Å². The topological polar surface area (TPSA) is 29.5 Å². The quantitative estimate of drug-likeness (QED) is 0.824. The molecular formula is C13H18FNO2S. The Kier molecular flexibility index (Phi) is 5.47. The second-order valence-electron chi connectivity index (χ2n) is 4.14. The van der Waals surface area contributed by atoms with Crippen molar-refractivity contribution in [1.29, 1.82) is 0 Å². The maximum Gasteiger partial charge on any atom is 0.234 e. The van der Waals surface area contributed by atoms with Crippen molar-refractivity contribution in [2.24, 2.45) is 0 Å². The molecule has 0 aliphatic rings. The minimum atomic E-state index is -0.294. The predicted octanol–water partition coefficient (Wildman–Crippen LogP) is 2.54. The summed E-state index contributed by atoms with van der Waals surface area (Å²) >= 11 is 1.47. The SMILES string of the molecule is COc1ccc(F)cc1CSC(C)C(=O)N(C)C. The first-order valence-electron chi connectivity index (χ1n) is 5.61. The van der Waals surface area contributed by atoms with Crippen molar-refractivity contribution >= 4 is 17.7 Å². The molecule has 3 nitrogen and oxygen atoms in total. The Morgan fingerprint density at radius 3 is 2.72 bits per heavy atom. The number of carbonyl (C=O) groups excluding carboxylic acids is 1. The molecule has 0 aliphatic carbocycles. The number of amides is 1. The zero-order chi connectivity index (χ0) is 13.7. The molecule has 0 radical (unpaired) electrons. The number of halogens is 1. The monoisotopic (exact) mass is 271 g/mol. The molecular weight excluding hydrogens is 253 g/mol. The van der Waals surface area contributed by atoms with E-state index in [1.54, 1.807) is 32.2 Å². The lowest BCUT2D eigenvalue weighted by molar-refractivity contribution is -0.127. The molecule has 0 fully saturated rings. The number of carbonyl (C=O) groups is 1. The van der Waals surface area contributed by atoms with Gasteiger partial charge in [0.25, 0.3) is 0 Å². The van der Waals surface area contributed by atoms with Gasteiger partial charge < -0.3 is 9.64 Å². The third-order valence-corrected chi connectivity index (χ3v) is 3.70. The second kappa shape index (κ2) is 6.64. The summed E-state index contributed by atoms with van der Waals surface area (Å²) in [6.07, 6.45) is 0. The van der Waals surface area contributed by atoms with E-state index in [1.807, 2.05) is 6.92 Å². The molecule has 5 heteroatoms. The average molecular weight is 271 g/mol. The van der Waals surface area contributed by atoms with E-state index in [2.05, 4.69) is 0 Å². The fraction of sp³-hybridized carbons (Fsp3) is 0.462. The van der Waals surface area contributed by atoms with E-state index in [0.717, 1.165) is 5.56 Å². The molecule has 0 saturated carbocycles. The fourth-order valence-corrected chi connectivity index (χ4v) is 2.52. The largest absolute Gasteiger partial charge is 0.496 e. The van der Waals surface area contributed by atoms with Crippen LogP contribution in [0.1, 0.15) is 12.5 Å². The summed E-state index contributed by atoms with van der Waals surface area (Å²) in [6, 6.07) is 4.41. The van der Waals surface area contributed by atoms with Crippen LogP contribution >= 0.6 is 11.8 Å². The zero-order valence-electron chi connectivity index (χ0n) is 11.1. The van der Waals surface area contributed by atoms with Gasteiger partial charge in [0.1, 0.15) is 11.6 Å². The number of rotatable bonds is 5. The molecule has 1 aromatic rings. The van der Waals surface area contributed by atoms with Gasteiger partial charge in [0.15, 0.2) is 0 Å². The second-order valence-corrected chi connectivity index (χ2v) is 5.47. The molecule has 0 aliphatic heterocycles. The summed E-state index contributed by atoms with van der Waals surface area (Å²) in [5.41, 5.74) is 0.765. The lowest BCUT2D eigenvalue weighted by Crippen LogP contribution is -2.29. The van der Waals surface area contributed by atoms with Gasteiger partial charge in [-0.15, -0.1) is 11.8 Å². The molecule has 0 spiro atoms. The normalized spacial score (nSPS) is 12.1. The number of methoxy groups -OCH3 is 1. The van der Waals surface area contributed by atoms with Gasteiger partial charge in [0.2, 0.25) is 5.91 Å². The molecule has 0 saturated heterocycles. The van der Waals surface area contributed by atoms with Crippen LogP contribution in [0.25, 0.3) is 0 Å². The zero-order valence-corrected chi connectivity index (χ0v) is 11.9. The molecule has 0 N–H and O–H groups in total. The summed E-state index contributed by atoms with van der Waals surface area (Å²) in [4.78, 5) is 13.2. The first-order valence-corrected chi connectivity index (χ1v) is 6.65. The third kappa shape index (κ3) is 3.91. The Morgan fingerprint density at radius 1 is 1.50 bits per heavy atom. The van der Waals surface area contributed by atoms with Crippen molar-refractivity contribution in [1.82, 2.24) is 4.90 Å². The van der Waals surface area contributed by atoms with E-state index >= 15 is 0 Å². The molecule has 1 atom stereocenters. The standard InChI is InChI=1S/C13H18FNO2S/c1-9(13(16)15(2)3)18-8-10-7-11(14)5-6-12(10)17-4/h5-7,9H,8H2,1-4H3. The Labute approximate surface area is 111 Å². The van der Waals surface area contributed by atoms with Crippen LogP contribution in [0.2, 0.25) is 0 Å². The maximum atomic E-state index is 13.2. The van der Waals surface area contributed by atoms with Gasteiger partial charge in [-0.1, -0.05) is 0 Å². The Balaban J connectivity index is 2.68. The number of hydrogen-bond acceptors (Lipinski definition) is 3. The van der Waals surface area contributed by atoms with Crippen molar-refractivity contribution in [3.05, 3.63) is 29.6 Å². The highest BCUT2D eigenvalue weighted by Gasteiger charge is 2.16. The summed E-state index contributed by atoms with van der Waals surface area (Å²) < 4.78 is 18.3. The molecule has 18 heavy (non-hydrogen) atoms.